The minimum atomic E-state index is -1.47. The molecule has 0 radical (unpaired) electrons. The molecule has 3 aromatic rings. The number of esters is 1. The van der Waals surface area contributed by atoms with Gasteiger partial charge in [-0.15, -0.1) is 11.8 Å². The second-order valence-electron chi connectivity index (χ2n) is 9.38. The lowest BCUT2D eigenvalue weighted by Gasteiger charge is -2.49. The average Bonchev–Trinajstić information content (AvgIpc) is 3.01. The van der Waals surface area contributed by atoms with E-state index in [9.17, 15) is 24.3 Å². The molecule has 0 bridgehead atoms. The first-order valence-electron chi connectivity index (χ1n) is 12.8. The lowest BCUT2D eigenvalue weighted by molar-refractivity contribution is -0.155. The maximum atomic E-state index is 13.8. The Morgan fingerprint density at radius 2 is 1.46 bits per heavy atom. The number of β-lactam (4-membered cyclic amide) rings is 1. The summed E-state index contributed by atoms with van der Waals surface area (Å²) in [5.41, 5.74) is 7.27. The maximum absolute atomic E-state index is 13.8. The van der Waals surface area contributed by atoms with Crippen LogP contribution < -0.4 is 11.1 Å². The molecule has 210 valence electrons. The van der Waals surface area contributed by atoms with Gasteiger partial charge in [-0.25, -0.2) is 9.59 Å². The smallest absolute Gasteiger partial charge is 0.404 e. The normalized spacial score (nSPS) is 18.7. The van der Waals surface area contributed by atoms with Crippen molar-refractivity contribution in [1.82, 2.24) is 10.2 Å². The number of hydrogen-bond acceptors (Lipinski definition) is 8. The SMILES string of the molecule is NC(=O)OCC1=C(C(=O)OC(c2ccccc2)c2ccccc2)N2C(=O)C(NC(=O)C(O)c3ccccc3)[C@H]2SC1. The quantitative estimate of drug-likeness (QED) is 0.262. The molecule has 41 heavy (non-hydrogen) atoms. The summed E-state index contributed by atoms with van der Waals surface area (Å²) in [6, 6.07) is 25.7. The van der Waals surface area contributed by atoms with Gasteiger partial charge in [0.2, 0.25) is 0 Å². The maximum Gasteiger partial charge on any atom is 0.404 e. The molecule has 4 N–H and O–H groups in total. The van der Waals surface area contributed by atoms with Crippen LogP contribution in [-0.2, 0) is 23.9 Å². The monoisotopic (exact) mass is 573 g/mol. The Hall–Kier alpha value is -4.61. The first-order valence-corrected chi connectivity index (χ1v) is 13.8. The van der Waals surface area contributed by atoms with E-state index < -0.39 is 47.5 Å². The number of carbonyl (C=O) groups is 4. The Balaban J connectivity index is 1.40. The van der Waals surface area contributed by atoms with Crippen molar-refractivity contribution in [2.75, 3.05) is 12.4 Å². The fourth-order valence-corrected chi connectivity index (χ4v) is 6.03. The van der Waals surface area contributed by atoms with Crippen LogP contribution in [0.3, 0.4) is 0 Å². The van der Waals surface area contributed by atoms with Crippen molar-refractivity contribution in [1.29, 1.82) is 0 Å². The van der Waals surface area contributed by atoms with Gasteiger partial charge in [0.25, 0.3) is 11.8 Å². The topological polar surface area (TPSA) is 148 Å². The zero-order chi connectivity index (χ0) is 28.9. The van der Waals surface area contributed by atoms with Crippen LogP contribution in [0.15, 0.2) is 102 Å². The fraction of sp³-hybridized carbons (Fsp3) is 0.200. The van der Waals surface area contributed by atoms with Crippen LogP contribution in [0, 0.1) is 0 Å². The third-order valence-electron chi connectivity index (χ3n) is 6.72. The van der Waals surface area contributed by atoms with Gasteiger partial charge in [-0.2, -0.15) is 0 Å². The van der Waals surface area contributed by atoms with E-state index in [1.54, 1.807) is 30.3 Å². The molecule has 10 nitrogen and oxygen atoms in total. The minimum Gasteiger partial charge on any atom is -0.448 e. The van der Waals surface area contributed by atoms with E-state index in [1.165, 1.54) is 16.7 Å². The highest BCUT2D eigenvalue weighted by molar-refractivity contribution is 8.00. The van der Waals surface area contributed by atoms with Crippen molar-refractivity contribution in [2.45, 2.75) is 23.6 Å². The highest BCUT2D eigenvalue weighted by atomic mass is 32.2. The number of ether oxygens (including phenoxy) is 2. The molecule has 2 unspecified atom stereocenters. The molecule has 2 aliphatic heterocycles. The number of nitrogens with two attached hydrogens (primary N) is 1. The number of amides is 3. The standard InChI is InChI=1S/C30H27N3O7S/c31-30(38)39-16-21-17-41-28-22(32-26(35)24(34)18-10-4-1-5-11-18)27(36)33(28)23(21)29(37)40-25(19-12-6-2-7-13-19)20-14-8-3-9-15-20/h1-15,22,24-25,28,34H,16-17H2,(H2,31,38)(H,32,35)/t22?,24?,28-/m1/s1. The molecule has 2 heterocycles. The number of carbonyl (C=O) groups excluding carboxylic acids is 4. The second kappa shape index (κ2) is 12.3. The van der Waals surface area contributed by atoms with Gasteiger partial charge in [-0.05, 0) is 16.7 Å². The Morgan fingerprint density at radius 1 is 0.927 bits per heavy atom. The number of nitrogens with zero attached hydrogens (tertiary/aromatic N) is 1. The summed E-state index contributed by atoms with van der Waals surface area (Å²) < 4.78 is 11.0. The predicted octanol–water partition coefficient (Wildman–Crippen LogP) is 2.80. The first-order chi connectivity index (χ1) is 19.8. The van der Waals surface area contributed by atoms with Gasteiger partial charge < -0.3 is 25.6 Å². The lowest BCUT2D eigenvalue weighted by Crippen LogP contribution is -2.71. The molecule has 3 atom stereocenters. The molecule has 0 aliphatic carbocycles. The Bertz CT molecular complexity index is 1430. The molecule has 0 saturated carbocycles. The summed E-state index contributed by atoms with van der Waals surface area (Å²) in [5, 5.41) is 12.4. The molecule has 5 rings (SSSR count). The number of hydrogen-bond donors (Lipinski definition) is 3. The summed E-state index contributed by atoms with van der Waals surface area (Å²) >= 11 is 1.28. The Labute approximate surface area is 240 Å². The number of nitrogens with one attached hydrogen (secondary N) is 1. The van der Waals surface area contributed by atoms with Crippen LogP contribution in [-0.4, -0.2) is 57.7 Å². The van der Waals surface area contributed by atoms with Crippen molar-refractivity contribution in [3.63, 3.8) is 0 Å². The lowest BCUT2D eigenvalue weighted by atomic mass is 10.0. The molecule has 2 aliphatic rings. The fourth-order valence-electron chi connectivity index (χ4n) is 4.71. The average molecular weight is 574 g/mol. The van der Waals surface area contributed by atoms with Crippen molar-refractivity contribution < 1.29 is 33.8 Å². The molecule has 1 saturated heterocycles. The molecule has 11 heteroatoms. The van der Waals surface area contributed by atoms with Crippen LogP contribution >= 0.6 is 11.8 Å². The number of primary amides is 1. The van der Waals surface area contributed by atoms with Crippen molar-refractivity contribution in [3.05, 3.63) is 119 Å². The summed E-state index contributed by atoms with van der Waals surface area (Å²) in [7, 11) is 0. The highest BCUT2D eigenvalue weighted by Gasteiger charge is 2.55. The molecule has 3 aromatic carbocycles. The zero-order valence-corrected chi connectivity index (χ0v) is 22.5. The van der Waals surface area contributed by atoms with E-state index in [0.29, 0.717) is 11.1 Å². The number of benzene rings is 3. The molecular formula is C30H27N3O7S. The Kier molecular flexibility index (Phi) is 8.37. The summed E-state index contributed by atoms with van der Waals surface area (Å²) in [5.74, 6) is -1.88. The van der Waals surface area contributed by atoms with E-state index >= 15 is 0 Å². The summed E-state index contributed by atoms with van der Waals surface area (Å²) in [6.45, 7) is -0.311. The number of aliphatic hydroxyl groups is 1. The van der Waals surface area contributed by atoms with Crippen LogP contribution in [0.5, 0.6) is 0 Å². The third-order valence-corrected chi connectivity index (χ3v) is 8.06. The molecule has 1 fully saturated rings. The molecule has 0 spiro atoms. The summed E-state index contributed by atoms with van der Waals surface area (Å²) in [4.78, 5) is 52.5. The minimum absolute atomic E-state index is 0.0639. The molecule has 3 amide bonds. The van der Waals surface area contributed by atoms with E-state index in [4.69, 9.17) is 15.2 Å². The number of fused-ring (bicyclic) bond motifs is 1. The van der Waals surface area contributed by atoms with E-state index in [-0.39, 0.29) is 18.1 Å². The van der Waals surface area contributed by atoms with Crippen molar-refractivity contribution in [2.24, 2.45) is 5.73 Å². The summed E-state index contributed by atoms with van der Waals surface area (Å²) in [6.07, 6.45) is -3.28. The number of aliphatic hydroxyl groups excluding tert-OH is 1. The van der Waals surface area contributed by atoms with Gasteiger partial charge in [-0.3, -0.25) is 14.5 Å². The Morgan fingerprint density at radius 3 is 2.00 bits per heavy atom. The van der Waals surface area contributed by atoms with E-state index in [2.05, 4.69) is 5.32 Å². The second-order valence-corrected chi connectivity index (χ2v) is 10.5. The van der Waals surface area contributed by atoms with Crippen LogP contribution in [0.25, 0.3) is 0 Å². The van der Waals surface area contributed by atoms with Gasteiger partial charge in [-0.1, -0.05) is 91.0 Å². The van der Waals surface area contributed by atoms with E-state index in [0.717, 1.165) is 11.1 Å². The largest absolute Gasteiger partial charge is 0.448 e. The molecular weight excluding hydrogens is 546 g/mol. The van der Waals surface area contributed by atoms with Crippen LogP contribution in [0.1, 0.15) is 28.9 Å². The van der Waals surface area contributed by atoms with Crippen LogP contribution in [0.4, 0.5) is 4.79 Å². The highest BCUT2D eigenvalue weighted by Crippen LogP contribution is 2.42. The van der Waals surface area contributed by atoms with Gasteiger partial charge in [0.05, 0.1) is 0 Å². The van der Waals surface area contributed by atoms with Crippen molar-refractivity contribution in [3.8, 4) is 0 Å². The van der Waals surface area contributed by atoms with Gasteiger partial charge in [0.1, 0.15) is 23.7 Å². The molecule has 0 aromatic heterocycles. The van der Waals surface area contributed by atoms with Gasteiger partial charge >= 0.3 is 12.1 Å². The van der Waals surface area contributed by atoms with Gasteiger partial charge in [0.15, 0.2) is 12.2 Å². The van der Waals surface area contributed by atoms with Gasteiger partial charge in [0, 0.05) is 11.3 Å². The van der Waals surface area contributed by atoms with E-state index in [1.807, 2.05) is 60.7 Å². The van der Waals surface area contributed by atoms with Crippen LogP contribution in [0.2, 0.25) is 0 Å². The van der Waals surface area contributed by atoms with Crippen molar-refractivity contribution >= 4 is 35.6 Å². The first kappa shape index (κ1) is 27.9. The zero-order valence-electron chi connectivity index (χ0n) is 21.7. The number of rotatable bonds is 9. The predicted molar refractivity (Wildman–Crippen MR) is 150 cm³/mol. The third kappa shape index (κ3) is 5.96. The number of thioether (sulfide) groups is 1.